The van der Waals surface area contributed by atoms with Gasteiger partial charge in [0.25, 0.3) is 0 Å². The second kappa shape index (κ2) is 8.22. The number of hydrogen-bond acceptors (Lipinski definition) is 3. The summed E-state index contributed by atoms with van der Waals surface area (Å²) in [5, 5.41) is 1.76. The fraction of sp³-hybridized carbons (Fsp3) is 0.0741. The van der Waals surface area contributed by atoms with Gasteiger partial charge in [0.2, 0.25) is 5.91 Å². The number of para-hydroxylation sites is 1. The van der Waals surface area contributed by atoms with Gasteiger partial charge in [-0.2, -0.15) is 0 Å². The minimum absolute atomic E-state index is 0.0865. The van der Waals surface area contributed by atoms with Gasteiger partial charge in [0, 0.05) is 28.4 Å². The first-order chi connectivity index (χ1) is 16.0. The van der Waals surface area contributed by atoms with Crippen molar-refractivity contribution in [2.75, 3.05) is 0 Å². The van der Waals surface area contributed by atoms with Gasteiger partial charge in [0.1, 0.15) is 0 Å². The largest absolute Gasteiger partial charge is 0.366 e. The van der Waals surface area contributed by atoms with Crippen LogP contribution in [0.1, 0.15) is 21.5 Å². The zero-order valence-electron chi connectivity index (χ0n) is 17.8. The molecular formula is C27H22N2O3S. The number of fused-ring (bicyclic) bond motifs is 3. The molecule has 0 bridgehead atoms. The third-order valence-electron chi connectivity index (χ3n) is 5.96. The Balaban J connectivity index is 1.64. The number of carbonyl (C=O) groups excluding carboxylic acids is 1. The van der Waals surface area contributed by atoms with Crippen molar-refractivity contribution in [2.45, 2.75) is 17.2 Å². The highest BCUT2D eigenvalue weighted by Gasteiger charge is 2.19. The molecule has 0 unspecified atom stereocenters. The molecule has 1 aromatic heterocycles. The number of sulfone groups is 1. The Morgan fingerprint density at radius 1 is 0.727 bits per heavy atom. The molecule has 5 rings (SSSR count). The van der Waals surface area contributed by atoms with Crippen LogP contribution in [0, 0.1) is 0 Å². The molecule has 0 saturated carbocycles. The summed E-state index contributed by atoms with van der Waals surface area (Å²) in [6.07, 6.45) is 0. The summed E-state index contributed by atoms with van der Waals surface area (Å²) < 4.78 is 28.2. The molecule has 6 heteroatoms. The molecule has 0 aliphatic rings. The highest BCUT2D eigenvalue weighted by Crippen LogP contribution is 2.32. The van der Waals surface area contributed by atoms with E-state index in [0.717, 1.165) is 32.9 Å². The van der Waals surface area contributed by atoms with Crippen molar-refractivity contribution in [3.63, 3.8) is 0 Å². The lowest BCUT2D eigenvalue weighted by atomic mass is 10.1. The first kappa shape index (κ1) is 21.0. The topological polar surface area (TPSA) is 82.2 Å². The number of rotatable bonds is 6. The zero-order chi connectivity index (χ0) is 23.0. The van der Waals surface area contributed by atoms with Crippen molar-refractivity contribution in [1.82, 2.24) is 4.57 Å². The van der Waals surface area contributed by atoms with E-state index in [1.54, 1.807) is 36.4 Å². The number of carbonyl (C=O) groups is 1. The zero-order valence-corrected chi connectivity index (χ0v) is 18.6. The average molecular weight is 455 g/mol. The number of primary amides is 1. The van der Waals surface area contributed by atoms with Crippen LogP contribution in [0.5, 0.6) is 0 Å². The molecule has 0 atom stereocenters. The summed E-state index contributed by atoms with van der Waals surface area (Å²) >= 11 is 0. The summed E-state index contributed by atoms with van der Waals surface area (Å²) in [5.41, 5.74) is 9.64. The van der Waals surface area contributed by atoms with E-state index in [-0.39, 0.29) is 5.75 Å². The first-order valence-electron chi connectivity index (χ1n) is 10.6. The Kier molecular flexibility index (Phi) is 5.23. The van der Waals surface area contributed by atoms with Crippen molar-refractivity contribution in [1.29, 1.82) is 0 Å². The van der Waals surface area contributed by atoms with Crippen LogP contribution < -0.4 is 5.73 Å². The van der Waals surface area contributed by atoms with Crippen LogP contribution in [0.25, 0.3) is 21.8 Å². The Hall–Kier alpha value is -3.90. The number of benzene rings is 4. The molecular weight excluding hydrogens is 432 g/mol. The summed E-state index contributed by atoms with van der Waals surface area (Å²) in [6.45, 7) is 0.465. The van der Waals surface area contributed by atoms with Crippen LogP contribution in [0.2, 0.25) is 0 Å². The second-order valence-corrected chi connectivity index (χ2v) is 10.00. The molecule has 4 aromatic carbocycles. The number of hydrogen-bond donors (Lipinski definition) is 1. The van der Waals surface area contributed by atoms with E-state index in [9.17, 15) is 13.2 Å². The smallest absolute Gasteiger partial charge is 0.249 e. The van der Waals surface area contributed by atoms with E-state index >= 15 is 0 Å². The maximum atomic E-state index is 13.0. The van der Waals surface area contributed by atoms with Crippen molar-refractivity contribution in [2.24, 2.45) is 5.73 Å². The Morgan fingerprint density at radius 2 is 1.36 bits per heavy atom. The van der Waals surface area contributed by atoms with E-state index < -0.39 is 15.7 Å². The molecule has 33 heavy (non-hydrogen) atoms. The van der Waals surface area contributed by atoms with Gasteiger partial charge in [-0.15, -0.1) is 0 Å². The monoisotopic (exact) mass is 454 g/mol. The molecule has 0 fully saturated rings. The summed E-state index contributed by atoms with van der Waals surface area (Å²) in [6, 6.07) is 29.5. The molecule has 0 radical (unpaired) electrons. The Labute approximate surface area is 192 Å². The van der Waals surface area contributed by atoms with Gasteiger partial charge in [-0.3, -0.25) is 4.79 Å². The van der Waals surface area contributed by atoms with Gasteiger partial charge < -0.3 is 10.3 Å². The minimum Gasteiger partial charge on any atom is -0.366 e. The highest BCUT2D eigenvalue weighted by atomic mass is 32.2. The normalized spacial score (nSPS) is 11.8. The maximum absolute atomic E-state index is 13.0. The number of amides is 1. The minimum atomic E-state index is -3.49. The third kappa shape index (κ3) is 3.79. The standard InChI is InChI=1S/C27H22N2O3S/c28-27(30)23-14-8-16-25-26(23)22-13-6-7-15-24(22)29(25)17-19-9-4-5-10-20(19)18-33(31,32)21-11-2-1-3-12-21/h1-16H,17-18H2,(H2,28,30). The number of nitrogens with two attached hydrogens (primary N) is 1. The van der Waals surface area contributed by atoms with Gasteiger partial charge in [-0.05, 0) is 41.5 Å². The van der Waals surface area contributed by atoms with Crippen LogP contribution in [0.15, 0.2) is 102 Å². The van der Waals surface area contributed by atoms with Gasteiger partial charge in [-0.25, -0.2) is 8.42 Å². The fourth-order valence-electron chi connectivity index (χ4n) is 4.41. The maximum Gasteiger partial charge on any atom is 0.249 e. The van der Waals surface area contributed by atoms with E-state index in [0.29, 0.717) is 17.0 Å². The van der Waals surface area contributed by atoms with E-state index in [1.807, 2.05) is 60.7 Å². The lowest BCUT2D eigenvalue weighted by Gasteiger charge is -2.13. The predicted molar refractivity (Wildman–Crippen MR) is 131 cm³/mol. The van der Waals surface area contributed by atoms with Gasteiger partial charge in [0.15, 0.2) is 9.84 Å². The van der Waals surface area contributed by atoms with Gasteiger partial charge >= 0.3 is 0 Å². The van der Waals surface area contributed by atoms with Crippen molar-refractivity contribution in [3.05, 3.63) is 114 Å². The molecule has 0 spiro atoms. The molecule has 0 aliphatic heterocycles. The second-order valence-electron chi connectivity index (χ2n) is 8.01. The number of nitrogens with zero attached hydrogens (tertiary/aromatic N) is 1. The molecule has 2 N–H and O–H groups in total. The van der Waals surface area contributed by atoms with Crippen LogP contribution in [-0.2, 0) is 22.1 Å². The first-order valence-corrected chi connectivity index (χ1v) is 12.3. The molecule has 1 heterocycles. The SMILES string of the molecule is NC(=O)c1cccc2c1c1ccccc1n2Cc1ccccc1CS(=O)(=O)c1ccccc1. The van der Waals surface area contributed by atoms with Gasteiger partial charge in [0.05, 0.1) is 16.2 Å². The molecule has 164 valence electrons. The molecule has 0 saturated heterocycles. The average Bonchev–Trinajstić information content (AvgIpc) is 3.14. The summed E-state index contributed by atoms with van der Waals surface area (Å²) in [5.74, 6) is -0.561. The summed E-state index contributed by atoms with van der Waals surface area (Å²) in [4.78, 5) is 12.4. The quantitative estimate of drug-likeness (QED) is 0.396. The van der Waals surface area contributed by atoms with E-state index in [2.05, 4.69) is 4.57 Å². The van der Waals surface area contributed by atoms with Crippen molar-refractivity contribution >= 4 is 37.6 Å². The van der Waals surface area contributed by atoms with E-state index in [1.165, 1.54) is 0 Å². The predicted octanol–water partition coefficient (Wildman–Crippen LogP) is 4.92. The lowest BCUT2D eigenvalue weighted by molar-refractivity contribution is 0.100. The third-order valence-corrected chi connectivity index (χ3v) is 7.64. The van der Waals surface area contributed by atoms with E-state index in [4.69, 9.17) is 5.73 Å². The van der Waals surface area contributed by atoms with Crippen LogP contribution in [0.3, 0.4) is 0 Å². The van der Waals surface area contributed by atoms with Crippen LogP contribution in [0.4, 0.5) is 0 Å². The van der Waals surface area contributed by atoms with Crippen LogP contribution in [-0.4, -0.2) is 18.9 Å². The van der Waals surface area contributed by atoms with Crippen LogP contribution >= 0.6 is 0 Å². The van der Waals surface area contributed by atoms with Gasteiger partial charge in [-0.1, -0.05) is 66.7 Å². The number of aromatic nitrogens is 1. The molecule has 5 nitrogen and oxygen atoms in total. The molecule has 1 amide bonds. The Morgan fingerprint density at radius 3 is 2.12 bits per heavy atom. The van der Waals surface area contributed by atoms with Crippen molar-refractivity contribution in [3.8, 4) is 0 Å². The highest BCUT2D eigenvalue weighted by molar-refractivity contribution is 7.90. The van der Waals surface area contributed by atoms with Crippen molar-refractivity contribution < 1.29 is 13.2 Å². The lowest BCUT2D eigenvalue weighted by Crippen LogP contribution is -2.11. The fourth-order valence-corrected chi connectivity index (χ4v) is 5.84. The Bertz CT molecular complexity index is 1600. The summed E-state index contributed by atoms with van der Waals surface area (Å²) in [7, 11) is -3.49. The molecule has 5 aromatic rings. The molecule has 0 aliphatic carbocycles.